The maximum Gasteiger partial charge on any atom is 0.0602 e. The van der Waals surface area contributed by atoms with E-state index in [0.717, 1.165) is 12.1 Å². The van der Waals surface area contributed by atoms with Gasteiger partial charge in [-0.2, -0.15) is 5.10 Å². The fourth-order valence-electron chi connectivity index (χ4n) is 1.96. The van der Waals surface area contributed by atoms with Crippen LogP contribution in [0.1, 0.15) is 19.4 Å². The van der Waals surface area contributed by atoms with E-state index < -0.39 is 0 Å². The number of nitrogens with zero attached hydrogens (tertiary/aromatic N) is 3. The molecule has 17 heavy (non-hydrogen) atoms. The van der Waals surface area contributed by atoms with Crippen molar-refractivity contribution in [2.75, 3.05) is 13.7 Å². The van der Waals surface area contributed by atoms with Crippen molar-refractivity contribution in [3.05, 3.63) is 18.0 Å². The van der Waals surface area contributed by atoms with Gasteiger partial charge in [-0.25, -0.2) is 0 Å². The minimum Gasteiger partial charge on any atom is -0.395 e. The average Bonchev–Trinajstić information content (AvgIpc) is 2.64. The first-order valence-corrected chi connectivity index (χ1v) is 6.00. The normalized spacial score (nSPS) is 15.5. The molecule has 2 unspecified atom stereocenters. The molecule has 0 radical (unpaired) electrons. The van der Waals surface area contributed by atoms with Crippen LogP contribution < -0.4 is 5.73 Å². The van der Waals surface area contributed by atoms with E-state index in [1.54, 1.807) is 4.68 Å². The summed E-state index contributed by atoms with van der Waals surface area (Å²) in [6.45, 7) is 4.98. The van der Waals surface area contributed by atoms with Crippen molar-refractivity contribution < 1.29 is 5.11 Å². The van der Waals surface area contributed by atoms with Crippen molar-refractivity contribution in [2.45, 2.75) is 32.5 Å². The lowest BCUT2D eigenvalue weighted by Crippen LogP contribution is -2.50. The molecule has 5 heteroatoms. The van der Waals surface area contributed by atoms with Crippen molar-refractivity contribution in [2.24, 2.45) is 18.7 Å². The van der Waals surface area contributed by atoms with Gasteiger partial charge >= 0.3 is 0 Å². The minimum atomic E-state index is -0.0262. The predicted molar refractivity (Wildman–Crippen MR) is 68.4 cm³/mol. The Balaban J connectivity index is 2.63. The van der Waals surface area contributed by atoms with Gasteiger partial charge in [0, 0.05) is 37.4 Å². The summed E-state index contributed by atoms with van der Waals surface area (Å²) in [7, 11) is 3.88. The summed E-state index contributed by atoms with van der Waals surface area (Å²) in [5, 5.41) is 13.6. The van der Waals surface area contributed by atoms with Gasteiger partial charge in [-0.3, -0.25) is 9.58 Å². The third-order valence-electron chi connectivity index (χ3n) is 3.16. The Bertz CT molecular complexity index is 337. The quantitative estimate of drug-likeness (QED) is 0.745. The molecule has 0 saturated heterocycles. The molecule has 0 aliphatic rings. The number of hydrogen-bond acceptors (Lipinski definition) is 4. The molecule has 1 aromatic rings. The minimum absolute atomic E-state index is 0.0183. The highest BCUT2D eigenvalue weighted by Crippen LogP contribution is 2.12. The van der Waals surface area contributed by atoms with E-state index in [1.807, 2.05) is 26.5 Å². The third-order valence-corrected chi connectivity index (χ3v) is 3.16. The first kappa shape index (κ1) is 14.2. The molecule has 0 spiro atoms. The highest BCUT2D eigenvalue weighted by molar-refractivity contribution is 5.03. The molecule has 98 valence electrons. The van der Waals surface area contributed by atoms with Crippen LogP contribution in [-0.4, -0.2) is 45.5 Å². The van der Waals surface area contributed by atoms with E-state index in [4.69, 9.17) is 5.73 Å². The standard InChI is InChI=1S/C12H24N4O/c1-9(2)12(13)11(8-17)15(3)6-10-5-14-16(4)7-10/h5,7,9,11-12,17H,6,8,13H2,1-4H3. The fraction of sp³-hybridized carbons (Fsp3) is 0.750. The van der Waals surface area contributed by atoms with Crippen LogP contribution in [0.3, 0.4) is 0 Å². The molecule has 2 atom stereocenters. The summed E-state index contributed by atoms with van der Waals surface area (Å²) >= 11 is 0. The molecule has 1 aromatic heterocycles. The average molecular weight is 240 g/mol. The number of hydrogen-bond donors (Lipinski definition) is 2. The molecule has 0 bridgehead atoms. The van der Waals surface area contributed by atoms with Crippen LogP contribution in [0.4, 0.5) is 0 Å². The summed E-state index contributed by atoms with van der Waals surface area (Å²) in [6, 6.07) is -0.0446. The molecule has 0 fully saturated rings. The lowest BCUT2D eigenvalue weighted by Gasteiger charge is -2.33. The Kier molecular flexibility index (Phi) is 5.11. The van der Waals surface area contributed by atoms with E-state index in [2.05, 4.69) is 23.8 Å². The van der Waals surface area contributed by atoms with Crippen LogP contribution in [-0.2, 0) is 13.6 Å². The number of aryl methyl sites for hydroxylation is 1. The Hall–Kier alpha value is -0.910. The number of aliphatic hydroxyl groups excluding tert-OH is 1. The SMILES string of the molecule is CC(C)C(N)C(CO)N(C)Cc1cnn(C)c1. The lowest BCUT2D eigenvalue weighted by atomic mass is 9.97. The second-order valence-electron chi connectivity index (χ2n) is 5.01. The molecule has 1 heterocycles. The Morgan fingerprint density at radius 3 is 2.59 bits per heavy atom. The Morgan fingerprint density at radius 2 is 2.18 bits per heavy atom. The van der Waals surface area contributed by atoms with Gasteiger partial charge in [0.1, 0.15) is 0 Å². The topological polar surface area (TPSA) is 67.3 Å². The second-order valence-corrected chi connectivity index (χ2v) is 5.01. The first-order chi connectivity index (χ1) is 7.95. The zero-order chi connectivity index (χ0) is 13.0. The van der Waals surface area contributed by atoms with Crippen molar-refractivity contribution in [1.29, 1.82) is 0 Å². The van der Waals surface area contributed by atoms with E-state index in [0.29, 0.717) is 5.92 Å². The van der Waals surface area contributed by atoms with Crippen molar-refractivity contribution in [1.82, 2.24) is 14.7 Å². The Morgan fingerprint density at radius 1 is 1.53 bits per heavy atom. The summed E-state index contributed by atoms with van der Waals surface area (Å²) < 4.78 is 1.78. The largest absolute Gasteiger partial charge is 0.395 e. The van der Waals surface area contributed by atoms with Gasteiger partial charge in [0.15, 0.2) is 0 Å². The number of aromatic nitrogens is 2. The van der Waals surface area contributed by atoms with Gasteiger partial charge in [0.25, 0.3) is 0 Å². The molecule has 1 rings (SSSR count). The van der Waals surface area contributed by atoms with E-state index in [-0.39, 0.29) is 18.7 Å². The van der Waals surface area contributed by atoms with Gasteiger partial charge in [-0.15, -0.1) is 0 Å². The molecule has 5 nitrogen and oxygen atoms in total. The molecule has 0 aromatic carbocycles. The highest BCUT2D eigenvalue weighted by Gasteiger charge is 2.24. The van der Waals surface area contributed by atoms with Crippen LogP contribution >= 0.6 is 0 Å². The maximum absolute atomic E-state index is 9.46. The van der Waals surface area contributed by atoms with Crippen LogP contribution in [0.25, 0.3) is 0 Å². The van der Waals surface area contributed by atoms with Gasteiger partial charge < -0.3 is 10.8 Å². The Labute approximate surface area is 103 Å². The zero-order valence-electron chi connectivity index (χ0n) is 11.2. The summed E-state index contributed by atoms with van der Waals surface area (Å²) in [5.41, 5.74) is 7.24. The first-order valence-electron chi connectivity index (χ1n) is 6.00. The van der Waals surface area contributed by atoms with Crippen molar-refractivity contribution in [3.63, 3.8) is 0 Å². The third kappa shape index (κ3) is 3.80. The van der Waals surface area contributed by atoms with Crippen LogP contribution in [0.5, 0.6) is 0 Å². The van der Waals surface area contributed by atoms with Crippen molar-refractivity contribution in [3.8, 4) is 0 Å². The van der Waals surface area contributed by atoms with Crippen LogP contribution in [0.2, 0.25) is 0 Å². The van der Waals surface area contributed by atoms with Crippen LogP contribution in [0, 0.1) is 5.92 Å². The number of rotatable bonds is 6. The fourth-order valence-corrected chi connectivity index (χ4v) is 1.96. The molecular weight excluding hydrogens is 216 g/mol. The number of likely N-dealkylation sites (N-methyl/N-ethyl adjacent to an activating group) is 1. The second kappa shape index (κ2) is 6.14. The zero-order valence-corrected chi connectivity index (χ0v) is 11.2. The molecule has 3 N–H and O–H groups in total. The van der Waals surface area contributed by atoms with E-state index in [9.17, 15) is 5.11 Å². The summed E-state index contributed by atoms with van der Waals surface area (Å²) in [5.74, 6) is 0.350. The van der Waals surface area contributed by atoms with E-state index in [1.165, 1.54) is 0 Å². The maximum atomic E-state index is 9.46. The number of nitrogens with two attached hydrogens (primary N) is 1. The van der Waals surface area contributed by atoms with Gasteiger partial charge in [-0.1, -0.05) is 13.8 Å². The van der Waals surface area contributed by atoms with Crippen LogP contribution in [0.15, 0.2) is 12.4 Å². The summed E-state index contributed by atoms with van der Waals surface area (Å²) in [4.78, 5) is 2.08. The lowest BCUT2D eigenvalue weighted by molar-refractivity contribution is 0.107. The van der Waals surface area contributed by atoms with Gasteiger partial charge in [0.05, 0.1) is 12.8 Å². The summed E-state index contributed by atoms with van der Waals surface area (Å²) in [6.07, 6.45) is 3.82. The predicted octanol–water partition coefficient (Wildman–Crippen LogP) is 0.196. The molecule has 0 aliphatic carbocycles. The number of aliphatic hydroxyl groups is 1. The molecule has 0 saturated carbocycles. The molecule has 0 aliphatic heterocycles. The highest BCUT2D eigenvalue weighted by atomic mass is 16.3. The van der Waals surface area contributed by atoms with Gasteiger partial charge in [-0.05, 0) is 13.0 Å². The van der Waals surface area contributed by atoms with Crippen molar-refractivity contribution >= 4 is 0 Å². The monoisotopic (exact) mass is 240 g/mol. The van der Waals surface area contributed by atoms with Gasteiger partial charge in [0.2, 0.25) is 0 Å². The molecule has 0 amide bonds. The molecular formula is C12H24N4O. The smallest absolute Gasteiger partial charge is 0.0602 e. The van der Waals surface area contributed by atoms with E-state index >= 15 is 0 Å².